The fourth-order valence-corrected chi connectivity index (χ4v) is 4.72. The Morgan fingerprint density at radius 3 is 2.27 bits per heavy atom. The average Bonchev–Trinajstić information content (AvgIpc) is 3.14. The average molecular weight is 778 g/mol. The van der Waals surface area contributed by atoms with Gasteiger partial charge in [-0.05, 0) is 46.0 Å². The highest BCUT2D eigenvalue weighted by atomic mass is 127. The van der Waals surface area contributed by atoms with Crippen molar-refractivity contribution in [3.63, 3.8) is 0 Å². The molecule has 0 spiro atoms. The Labute approximate surface area is 270 Å². The van der Waals surface area contributed by atoms with Crippen molar-refractivity contribution in [2.24, 2.45) is 0 Å². The molecule has 6 nitrogen and oxygen atoms in total. The Kier molecular flexibility index (Phi) is 20.4. The number of benzene rings is 2. The number of alkyl halides is 4. The quantitative estimate of drug-likeness (QED) is 0.237. The van der Waals surface area contributed by atoms with E-state index in [1.165, 1.54) is 5.01 Å². The minimum absolute atomic E-state index is 0. The first-order valence-electron chi connectivity index (χ1n) is 12.9. The summed E-state index contributed by atoms with van der Waals surface area (Å²) in [5.74, 6) is -3.01. The topological polar surface area (TPSA) is 56.8 Å². The number of methoxy groups -OCH3 is 1. The van der Waals surface area contributed by atoms with Crippen LogP contribution < -0.4 is 15.5 Å². The minimum Gasteiger partial charge on any atom is -0.496 e. The number of ether oxygens (including phenoxy) is 1. The second kappa shape index (κ2) is 21.2. The van der Waals surface area contributed by atoms with E-state index in [0.29, 0.717) is 25.2 Å². The van der Waals surface area contributed by atoms with Crippen molar-refractivity contribution in [3.8, 4) is 5.75 Å². The fourth-order valence-electron chi connectivity index (χ4n) is 3.85. The van der Waals surface area contributed by atoms with E-state index >= 15 is 0 Å². The molecule has 1 fully saturated rings. The van der Waals surface area contributed by atoms with Gasteiger partial charge in [-0.25, -0.2) is 18.6 Å². The fraction of sp³-hybridized carbons (Fsp3) is 0.483. The van der Waals surface area contributed by atoms with Crippen molar-refractivity contribution in [3.05, 3.63) is 69.7 Å². The molecule has 0 saturated carbocycles. The molecule has 1 unspecified atom stereocenters. The van der Waals surface area contributed by atoms with E-state index in [1.54, 1.807) is 42.3 Å². The van der Waals surface area contributed by atoms with Gasteiger partial charge in [0.2, 0.25) is 5.91 Å². The van der Waals surface area contributed by atoms with Crippen LogP contribution in [0.2, 0.25) is 0 Å². The maximum absolute atomic E-state index is 14.0. The van der Waals surface area contributed by atoms with E-state index in [2.05, 4.69) is 49.3 Å². The van der Waals surface area contributed by atoms with Crippen LogP contribution in [0.4, 0.5) is 13.2 Å². The monoisotopic (exact) mass is 776 g/mol. The molecular weight excluding hydrogens is 736 g/mol. The molecule has 12 heteroatoms. The van der Waals surface area contributed by atoms with Gasteiger partial charge in [-0.2, -0.15) is 0 Å². The zero-order valence-electron chi connectivity index (χ0n) is 23.2. The number of para-hydroxylation sites is 1. The molecule has 0 aromatic heterocycles. The molecule has 0 bridgehead atoms. The summed E-state index contributed by atoms with van der Waals surface area (Å²) in [6, 6.07) is 14.7. The van der Waals surface area contributed by atoms with Gasteiger partial charge in [0, 0.05) is 25.2 Å². The van der Waals surface area contributed by atoms with Crippen LogP contribution in [-0.2, 0) is 4.79 Å². The molecule has 4 rings (SSSR count). The highest BCUT2D eigenvalue weighted by Crippen LogP contribution is 2.38. The molecule has 0 radical (unpaired) electrons. The first-order valence-corrected chi connectivity index (χ1v) is 16.2. The standard InChI is InChI=1S/C18H22ClF3N4O.C7H7BrO.C2H6.CH3I.CH4/c19-15-16(13-5-2-1-3-6-13)26(24-17(15)18(21,22)12-20)11-14(27)25-9-4-7-23-8-10-25;1-9-7-5-3-2-4-6(7)8;2*1-2;/h1-3,5-6,17,23-24H,4,7-12H2;2-5H,1H3;1-2H3;1H3;1H4. The predicted octanol–water partition coefficient (Wildman–Crippen LogP) is 7.38. The van der Waals surface area contributed by atoms with Crippen LogP contribution >= 0.6 is 50.1 Å². The first-order chi connectivity index (χ1) is 19.3. The Morgan fingerprint density at radius 1 is 1.10 bits per heavy atom. The van der Waals surface area contributed by atoms with Crippen molar-refractivity contribution in [2.75, 3.05) is 51.4 Å². The summed E-state index contributed by atoms with van der Waals surface area (Å²) in [5, 5.41) is 4.32. The molecule has 232 valence electrons. The summed E-state index contributed by atoms with van der Waals surface area (Å²) in [6.07, 6.45) is 0.823. The van der Waals surface area contributed by atoms with E-state index < -0.39 is 18.6 Å². The summed E-state index contributed by atoms with van der Waals surface area (Å²) in [6.45, 7) is 4.65. The predicted molar refractivity (Wildman–Crippen MR) is 177 cm³/mol. The largest absolute Gasteiger partial charge is 0.496 e. The third-order valence-corrected chi connectivity index (χ3v) is 6.78. The Hall–Kier alpha value is -1.54. The van der Waals surface area contributed by atoms with Crippen LogP contribution in [0.3, 0.4) is 0 Å². The van der Waals surface area contributed by atoms with Crippen LogP contribution in [0.25, 0.3) is 5.70 Å². The van der Waals surface area contributed by atoms with Crippen LogP contribution in [0, 0.1) is 0 Å². The van der Waals surface area contributed by atoms with E-state index in [4.69, 9.17) is 16.3 Å². The number of nitrogens with zero attached hydrogens (tertiary/aromatic N) is 2. The van der Waals surface area contributed by atoms with Crippen LogP contribution in [-0.4, -0.2) is 79.2 Å². The van der Waals surface area contributed by atoms with Gasteiger partial charge in [0.05, 0.1) is 22.3 Å². The second-order valence-electron chi connectivity index (χ2n) is 8.22. The van der Waals surface area contributed by atoms with Crippen LogP contribution in [0.5, 0.6) is 5.75 Å². The molecule has 2 aromatic rings. The molecular formula is C29H42BrClF3IN4O2. The number of carbonyl (C=O) groups excluding carboxylic acids is 1. The SMILES string of the molecule is C.CC.CI.COc1ccccc1Br.O=C(CN1NC(C(F)(F)CF)C(Cl)=C1c1ccccc1)N1CCCNCC1. The lowest BCUT2D eigenvalue weighted by Crippen LogP contribution is -2.51. The van der Waals surface area contributed by atoms with Crippen molar-refractivity contribution in [1.82, 2.24) is 20.7 Å². The van der Waals surface area contributed by atoms with E-state index in [1.807, 2.05) is 43.0 Å². The van der Waals surface area contributed by atoms with E-state index in [9.17, 15) is 18.0 Å². The van der Waals surface area contributed by atoms with Gasteiger partial charge in [-0.3, -0.25) is 9.80 Å². The highest BCUT2D eigenvalue weighted by molar-refractivity contribution is 14.1. The Balaban J connectivity index is 0.000000962. The number of hydrogen-bond acceptors (Lipinski definition) is 5. The Bertz CT molecular complexity index is 1050. The van der Waals surface area contributed by atoms with Gasteiger partial charge in [0.1, 0.15) is 18.3 Å². The maximum Gasteiger partial charge on any atom is 0.297 e. The van der Waals surface area contributed by atoms with Crippen LogP contribution in [0.1, 0.15) is 33.3 Å². The number of hydrogen-bond donors (Lipinski definition) is 2. The smallest absolute Gasteiger partial charge is 0.297 e. The molecule has 2 aromatic carbocycles. The summed E-state index contributed by atoms with van der Waals surface area (Å²) < 4.78 is 46.9. The van der Waals surface area contributed by atoms with Gasteiger partial charge in [0.15, 0.2) is 6.67 Å². The maximum atomic E-state index is 14.0. The molecule has 1 amide bonds. The van der Waals surface area contributed by atoms with Crippen molar-refractivity contribution < 1.29 is 22.7 Å². The molecule has 0 aliphatic carbocycles. The van der Waals surface area contributed by atoms with Gasteiger partial charge >= 0.3 is 0 Å². The molecule has 2 N–H and O–H groups in total. The Morgan fingerprint density at radius 2 is 1.71 bits per heavy atom. The highest BCUT2D eigenvalue weighted by Gasteiger charge is 2.48. The number of carbonyl (C=O) groups is 1. The lowest BCUT2D eigenvalue weighted by atomic mass is 10.1. The van der Waals surface area contributed by atoms with E-state index in [0.717, 1.165) is 23.2 Å². The molecule has 2 aliphatic rings. The van der Waals surface area contributed by atoms with Crippen molar-refractivity contribution >= 4 is 61.7 Å². The van der Waals surface area contributed by atoms with Crippen LogP contribution in [0.15, 0.2) is 64.1 Å². The number of halogens is 6. The molecule has 41 heavy (non-hydrogen) atoms. The zero-order chi connectivity index (χ0) is 30.1. The zero-order valence-corrected chi connectivity index (χ0v) is 27.7. The van der Waals surface area contributed by atoms with Crippen molar-refractivity contribution in [2.45, 2.75) is 39.7 Å². The van der Waals surface area contributed by atoms with Gasteiger partial charge in [-0.15, -0.1) is 0 Å². The summed E-state index contributed by atoms with van der Waals surface area (Å²) in [4.78, 5) is 16.4. The first kappa shape index (κ1) is 39.5. The third kappa shape index (κ3) is 11.9. The van der Waals surface area contributed by atoms with Crippen molar-refractivity contribution in [1.29, 1.82) is 0 Å². The van der Waals surface area contributed by atoms with E-state index in [-0.39, 0.29) is 30.6 Å². The lowest BCUT2D eigenvalue weighted by Gasteiger charge is -2.28. The number of nitrogens with one attached hydrogen (secondary N) is 2. The summed E-state index contributed by atoms with van der Waals surface area (Å²) >= 11 is 11.7. The van der Waals surface area contributed by atoms with Gasteiger partial charge < -0.3 is 15.0 Å². The van der Waals surface area contributed by atoms with Gasteiger partial charge in [0.25, 0.3) is 5.92 Å². The van der Waals surface area contributed by atoms with Gasteiger partial charge in [-0.1, -0.05) is 97.9 Å². The third-order valence-electron chi connectivity index (χ3n) is 5.72. The summed E-state index contributed by atoms with van der Waals surface area (Å²) in [7, 11) is 1.65. The molecule has 1 atom stereocenters. The number of hydrazine groups is 1. The number of rotatable bonds is 6. The molecule has 2 aliphatic heterocycles. The second-order valence-corrected chi connectivity index (χ2v) is 9.49. The number of amides is 1. The normalized spacial score (nSPS) is 16.5. The molecule has 1 saturated heterocycles. The summed E-state index contributed by atoms with van der Waals surface area (Å²) in [5.41, 5.74) is 3.40. The lowest BCUT2D eigenvalue weighted by molar-refractivity contribution is -0.132. The molecule has 2 heterocycles. The minimum atomic E-state index is -3.68.